The first-order chi connectivity index (χ1) is 19.4. The molecule has 0 aliphatic heterocycles. The van der Waals surface area contributed by atoms with Crippen molar-refractivity contribution in [1.29, 1.82) is 0 Å². The second kappa shape index (κ2) is 20.7. The zero-order chi connectivity index (χ0) is 30.8. The standard InChI is InChI=1S/C27H51O13P/c1-3-5-7-9-10-11-12-14-16-21(29)39-19(17-37-20(28)15-13-8-6-4-2)18-38-41(35,36)40-27-25(33)23(31)22(30)24(32)26(27)34/h19,22-27,30-34H,3-18H2,1-2H3,(H,35,36). The van der Waals surface area contributed by atoms with Crippen LogP contribution in [0.2, 0.25) is 0 Å². The van der Waals surface area contributed by atoms with Crippen LogP contribution in [-0.4, -0.2) is 98.3 Å². The van der Waals surface area contributed by atoms with E-state index in [2.05, 4.69) is 6.92 Å². The van der Waals surface area contributed by atoms with Gasteiger partial charge in [-0.3, -0.25) is 18.6 Å². The molecule has 0 heterocycles. The van der Waals surface area contributed by atoms with Crippen molar-refractivity contribution in [3.05, 3.63) is 0 Å². The summed E-state index contributed by atoms with van der Waals surface area (Å²) in [7, 11) is -5.08. The molecule has 242 valence electrons. The van der Waals surface area contributed by atoms with Gasteiger partial charge in [0, 0.05) is 12.8 Å². The fraction of sp³-hybridized carbons (Fsp3) is 0.926. The Hall–Kier alpha value is -1.15. The van der Waals surface area contributed by atoms with Gasteiger partial charge >= 0.3 is 19.8 Å². The molecule has 6 unspecified atom stereocenters. The van der Waals surface area contributed by atoms with Gasteiger partial charge in [-0.25, -0.2) is 4.57 Å². The third-order valence-electron chi connectivity index (χ3n) is 6.95. The second-order valence-electron chi connectivity index (χ2n) is 10.6. The predicted molar refractivity (Wildman–Crippen MR) is 148 cm³/mol. The van der Waals surface area contributed by atoms with Crippen molar-refractivity contribution >= 4 is 19.8 Å². The molecular formula is C27H51O13P. The molecule has 1 rings (SSSR count). The molecule has 13 nitrogen and oxygen atoms in total. The highest BCUT2D eigenvalue weighted by Gasteiger charge is 2.51. The maximum absolute atomic E-state index is 12.6. The van der Waals surface area contributed by atoms with Crippen LogP contribution in [0.1, 0.15) is 104 Å². The molecule has 0 amide bonds. The normalized spacial score (nSPS) is 26.7. The van der Waals surface area contributed by atoms with Crippen LogP contribution in [0.15, 0.2) is 0 Å². The van der Waals surface area contributed by atoms with Crippen LogP contribution < -0.4 is 0 Å². The van der Waals surface area contributed by atoms with E-state index in [4.69, 9.17) is 18.5 Å². The van der Waals surface area contributed by atoms with E-state index in [1.165, 1.54) is 19.3 Å². The molecule has 1 fully saturated rings. The van der Waals surface area contributed by atoms with Crippen molar-refractivity contribution < 1.29 is 63.1 Å². The number of carbonyl (C=O) groups excluding carboxylic acids is 2. The highest BCUT2D eigenvalue weighted by Crippen LogP contribution is 2.47. The quantitative estimate of drug-likeness (QED) is 0.0588. The number of hydrogen-bond acceptors (Lipinski definition) is 12. The van der Waals surface area contributed by atoms with Crippen LogP contribution in [0.4, 0.5) is 0 Å². The minimum Gasteiger partial charge on any atom is -0.462 e. The molecule has 0 aromatic heterocycles. The van der Waals surface area contributed by atoms with Crippen molar-refractivity contribution in [1.82, 2.24) is 0 Å². The Bertz CT molecular complexity index is 766. The first-order valence-corrected chi connectivity index (χ1v) is 16.3. The van der Waals surface area contributed by atoms with Crippen molar-refractivity contribution in [3.63, 3.8) is 0 Å². The number of phosphoric ester groups is 1. The molecule has 1 aliphatic carbocycles. The molecule has 0 spiro atoms. The zero-order valence-corrected chi connectivity index (χ0v) is 25.2. The summed E-state index contributed by atoms with van der Waals surface area (Å²) in [5.74, 6) is -1.13. The van der Waals surface area contributed by atoms with Gasteiger partial charge in [0.1, 0.15) is 43.2 Å². The highest BCUT2D eigenvalue weighted by atomic mass is 31.2. The molecule has 0 radical (unpaired) electrons. The predicted octanol–water partition coefficient (Wildman–Crippen LogP) is 2.26. The maximum Gasteiger partial charge on any atom is 0.472 e. The number of aliphatic hydroxyl groups excluding tert-OH is 5. The molecule has 0 aromatic carbocycles. The lowest BCUT2D eigenvalue weighted by atomic mass is 9.85. The summed E-state index contributed by atoms with van der Waals surface area (Å²) in [5.41, 5.74) is 0. The summed E-state index contributed by atoms with van der Waals surface area (Å²) in [6, 6.07) is 0. The van der Waals surface area contributed by atoms with Gasteiger partial charge < -0.3 is 39.9 Å². The van der Waals surface area contributed by atoms with Crippen molar-refractivity contribution in [2.75, 3.05) is 13.2 Å². The molecule has 0 saturated heterocycles. The van der Waals surface area contributed by atoms with Crippen molar-refractivity contribution in [2.24, 2.45) is 0 Å². The van der Waals surface area contributed by atoms with Gasteiger partial charge in [0.25, 0.3) is 0 Å². The number of aliphatic hydroxyl groups is 5. The monoisotopic (exact) mass is 614 g/mol. The number of hydrogen-bond donors (Lipinski definition) is 6. The number of unbranched alkanes of at least 4 members (excludes halogenated alkanes) is 10. The van der Waals surface area contributed by atoms with Crippen LogP contribution in [0.3, 0.4) is 0 Å². The van der Waals surface area contributed by atoms with Crippen molar-refractivity contribution in [3.8, 4) is 0 Å². The van der Waals surface area contributed by atoms with Gasteiger partial charge in [-0.2, -0.15) is 0 Å². The average molecular weight is 615 g/mol. The smallest absolute Gasteiger partial charge is 0.462 e. The Labute approximate surface area is 242 Å². The van der Waals surface area contributed by atoms with Crippen LogP contribution in [0.25, 0.3) is 0 Å². The first kappa shape index (κ1) is 37.9. The number of ether oxygens (including phenoxy) is 2. The molecule has 41 heavy (non-hydrogen) atoms. The summed E-state index contributed by atoms with van der Waals surface area (Å²) in [6.45, 7) is 3.03. The molecule has 1 aliphatic rings. The SMILES string of the molecule is CCCCCCCCCCC(=O)OC(COC(=O)CCCCCC)COP(=O)(O)OC1C(O)C(O)C(O)C(O)C1O. The first-order valence-electron chi connectivity index (χ1n) is 14.8. The van der Waals surface area contributed by atoms with E-state index in [1.54, 1.807) is 0 Å². The average Bonchev–Trinajstić information content (AvgIpc) is 2.94. The van der Waals surface area contributed by atoms with E-state index >= 15 is 0 Å². The Balaban J connectivity index is 2.66. The lowest BCUT2D eigenvalue weighted by Gasteiger charge is -2.41. The minimum atomic E-state index is -5.08. The van der Waals surface area contributed by atoms with Crippen LogP contribution in [0.5, 0.6) is 0 Å². The second-order valence-corrected chi connectivity index (χ2v) is 12.0. The Kier molecular flexibility index (Phi) is 19.1. The third-order valence-corrected chi connectivity index (χ3v) is 7.93. The summed E-state index contributed by atoms with van der Waals surface area (Å²) in [5, 5.41) is 49.4. The molecule has 1 saturated carbocycles. The fourth-order valence-corrected chi connectivity index (χ4v) is 5.37. The molecule has 14 heteroatoms. The van der Waals surface area contributed by atoms with E-state index in [-0.39, 0.29) is 12.8 Å². The molecule has 6 N–H and O–H groups in total. The third kappa shape index (κ3) is 15.2. The number of rotatable bonds is 22. The van der Waals surface area contributed by atoms with E-state index in [9.17, 15) is 44.6 Å². The van der Waals surface area contributed by atoms with Gasteiger partial charge in [-0.05, 0) is 12.8 Å². The molecule has 6 atom stereocenters. The van der Waals surface area contributed by atoms with E-state index in [0.717, 1.165) is 44.9 Å². The van der Waals surface area contributed by atoms with Gasteiger partial charge in [0.2, 0.25) is 0 Å². The topological polar surface area (TPSA) is 210 Å². The van der Waals surface area contributed by atoms with Gasteiger partial charge in [0.15, 0.2) is 6.10 Å². The van der Waals surface area contributed by atoms with E-state index < -0.39 is 75.7 Å². The summed E-state index contributed by atoms with van der Waals surface area (Å²) in [6.07, 6.45) is -1.20. The number of phosphoric acid groups is 1. The van der Waals surface area contributed by atoms with Gasteiger partial charge in [-0.15, -0.1) is 0 Å². The lowest BCUT2D eigenvalue weighted by molar-refractivity contribution is -0.220. The Morgan fingerprint density at radius 1 is 0.659 bits per heavy atom. The molecule has 0 bridgehead atoms. The zero-order valence-electron chi connectivity index (χ0n) is 24.3. The maximum atomic E-state index is 12.6. The van der Waals surface area contributed by atoms with Crippen LogP contribution >= 0.6 is 7.82 Å². The fourth-order valence-electron chi connectivity index (χ4n) is 4.40. The van der Waals surface area contributed by atoms with Crippen molar-refractivity contribution in [2.45, 2.75) is 146 Å². The highest BCUT2D eigenvalue weighted by molar-refractivity contribution is 7.47. The number of carbonyl (C=O) groups is 2. The Morgan fingerprint density at radius 2 is 1.10 bits per heavy atom. The summed E-state index contributed by atoms with van der Waals surface area (Å²) in [4.78, 5) is 34.7. The number of esters is 2. The van der Waals surface area contributed by atoms with Gasteiger partial charge in [0.05, 0.1) is 6.61 Å². The molecule has 0 aromatic rings. The summed E-state index contributed by atoms with van der Waals surface area (Å²) >= 11 is 0. The lowest BCUT2D eigenvalue weighted by Crippen LogP contribution is -2.64. The molecular weight excluding hydrogens is 563 g/mol. The van der Waals surface area contributed by atoms with Crippen LogP contribution in [0, 0.1) is 0 Å². The largest absolute Gasteiger partial charge is 0.472 e. The Morgan fingerprint density at radius 3 is 1.63 bits per heavy atom. The summed E-state index contributed by atoms with van der Waals surface area (Å²) < 4.78 is 32.8. The van der Waals surface area contributed by atoms with E-state index in [1.807, 2.05) is 6.92 Å². The van der Waals surface area contributed by atoms with Gasteiger partial charge in [-0.1, -0.05) is 78.1 Å². The van der Waals surface area contributed by atoms with Crippen LogP contribution in [-0.2, 0) is 32.7 Å². The van der Waals surface area contributed by atoms with E-state index in [0.29, 0.717) is 12.8 Å². The minimum absolute atomic E-state index is 0.0995.